The van der Waals surface area contributed by atoms with Gasteiger partial charge in [-0.05, 0) is 12.1 Å². The van der Waals surface area contributed by atoms with Crippen molar-refractivity contribution in [2.75, 3.05) is 0 Å². The molecule has 0 bridgehead atoms. The second-order valence-electron chi connectivity index (χ2n) is 3.97. The van der Waals surface area contributed by atoms with Gasteiger partial charge in [-0.2, -0.15) is 0 Å². The number of carbonyl (C=O) groups is 1. The van der Waals surface area contributed by atoms with E-state index in [2.05, 4.69) is 19.9 Å². The van der Waals surface area contributed by atoms with E-state index < -0.39 is 5.97 Å². The molecule has 0 spiro atoms. The molecule has 0 atom stereocenters. The Morgan fingerprint density at radius 2 is 1.95 bits per heavy atom. The number of rotatable bonds is 3. The Balaban J connectivity index is 2.01. The second-order valence-corrected chi connectivity index (χ2v) is 3.97. The highest BCUT2D eigenvalue weighted by molar-refractivity contribution is 5.85. The van der Waals surface area contributed by atoms with Gasteiger partial charge in [0.25, 0.3) is 0 Å². The number of imidazole rings is 1. The maximum Gasteiger partial charge on any atom is 0.356 e. The van der Waals surface area contributed by atoms with Gasteiger partial charge in [0.05, 0.1) is 5.69 Å². The standard InChI is InChI=1S/C13H9N5O2/c19-13(20)11-6-18(8-17-11)12-5-10(15-7-16-12)9-1-3-14-4-2-9/h1-8H,(H,19,20). The summed E-state index contributed by atoms with van der Waals surface area (Å²) in [5.41, 5.74) is 1.60. The van der Waals surface area contributed by atoms with E-state index in [0.717, 1.165) is 11.3 Å². The molecule has 0 radical (unpaired) electrons. The van der Waals surface area contributed by atoms with Crippen LogP contribution in [0.4, 0.5) is 0 Å². The highest BCUT2D eigenvalue weighted by atomic mass is 16.4. The lowest BCUT2D eigenvalue weighted by Gasteiger charge is -2.03. The number of hydrogen-bond acceptors (Lipinski definition) is 5. The van der Waals surface area contributed by atoms with Crippen LogP contribution >= 0.6 is 0 Å². The van der Waals surface area contributed by atoms with Gasteiger partial charge in [-0.3, -0.25) is 9.55 Å². The normalized spacial score (nSPS) is 10.4. The molecule has 3 aromatic rings. The summed E-state index contributed by atoms with van der Waals surface area (Å²) in [6.45, 7) is 0. The van der Waals surface area contributed by atoms with E-state index >= 15 is 0 Å². The third-order valence-electron chi connectivity index (χ3n) is 2.69. The first-order chi connectivity index (χ1) is 9.74. The maximum atomic E-state index is 10.8. The lowest BCUT2D eigenvalue weighted by molar-refractivity contribution is 0.0691. The Kier molecular flexibility index (Phi) is 2.92. The third kappa shape index (κ3) is 2.24. The van der Waals surface area contributed by atoms with Crippen molar-refractivity contribution in [3.05, 3.63) is 55.1 Å². The van der Waals surface area contributed by atoms with Crippen molar-refractivity contribution in [2.24, 2.45) is 0 Å². The van der Waals surface area contributed by atoms with E-state index in [-0.39, 0.29) is 5.69 Å². The SMILES string of the molecule is O=C(O)c1cn(-c2cc(-c3ccncc3)ncn2)cn1. The Bertz CT molecular complexity index is 754. The highest BCUT2D eigenvalue weighted by Gasteiger charge is 2.09. The summed E-state index contributed by atoms with van der Waals surface area (Å²) in [7, 11) is 0. The number of carboxylic acids is 1. The molecule has 0 aromatic carbocycles. The summed E-state index contributed by atoms with van der Waals surface area (Å²) in [4.78, 5) is 26.9. The average Bonchev–Trinajstić information content (AvgIpc) is 2.98. The minimum absolute atomic E-state index is 0.0333. The molecule has 3 aromatic heterocycles. The molecule has 7 heteroatoms. The van der Waals surface area contributed by atoms with Gasteiger partial charge in [0.15, 0.2) is 5.69 Å². The molecule has 0 fully saturated rings. The van der Waals surface area contributed by atoms with E-state index in [4.69, 9.17) is 5.11 Å². The van der Waals surface area contributed by atoms with Crippen molar-refractivity contribution < 1.29 is 9.90 Å². The number of hydrogen-bond donors (Lipinski definition) is 1. The summed E-state index contributed by atoms with van der Waals surface area (Å²) >= 11 is 0. The molecule has 0 saturated carbocycles. The smallest absolute Gasteiger partial charge is 0.356 e. The van der Waals surface area contributed by atoms with E-state index in [1.807, 2.05) is 12.1 Å². The summed E-state index contributed by atoms with van der Waals surface area (Å²) in [6.07, 6.45) is 7.59. The van der Waals surface area contributed by atoms with Crippen molar-refractivity contribution in [1.82, 2.24) is 24.5 Å². The molecule has 0 unspecified atom stereocenters. The van der Waals surface area contributed by atoms with Crippen LogP contribution in [0.5, 0.6) is 0 Å². The zero-order chi connectivity index (χ0) is 13.9. The molecule has 7 nitrogen and oxygen atoms in total. The van der Waals surface area contributed by atoms with Gasteiger partial charge >= 0.3 is 5.97 Å². The minimum atomic E-state index is -1.08. The maximum absolute atomic E-state index is 10.8. The van der Waals surface area contributed by atoms with Crippen LogP contribution in [0.3, 0.4) is 0 Å². The molecule has 0 aliphatic carbocycles. The summed E-state index contributed by atoms with van der Waals surface area (Å²) in [5, 5.41) is 8.86. The van der Waals surface area contributed by atoms with Crippen molar-refractivity contribution in [2.45, 2.75) is 0 Å². The van der Waals surface area contributed by atoms with Crippen LogP contribution in [0.1, 0.15) is 10.5 Å². The van der Waals surface area contributed by atoms with Gasteiger partial charge in [-0.25, -0.2) is 19.7 Å². The molecule has 98 valence electrons. The lowest BCUT2D eigenvalue weighted by Crippen LogP contribution is -1.98. The first-order valence-corrected chi connectivity index (χ1v) is 5.74. The van der Waals surface area contributed by atoms with Crippen LogP contribution in [-0.2, 0) is 0 Å². The average molecular weight is 267 g/mol. The Morgan fingerprint density at radius 3 is 2.65 bits per heavy atom. The van der Waals surface area contributed by atoms with Crippen molar-refractivity contribution in [3.63, 3.8) is 0 Å². The molecular formula is C13H9N5O2. The fraction of sp³-hybridized carbons (Fsp3) is 0. The van der Waals surface area contributed by atoms with Gasteiger partial charge in [0.2, 0.25) is 0 Å². The monoisotopic (exact) mass is 267 g/mol. The number of nitrogens with zero attached hydrogens (tertiary/aromatic N) is 5. The van der Waals surface area contributed by atoms with Crippen LogP contribution in [-0.4, -0.2) is 35.6 Å². The van der Waals surface area contributed by atoms with Gasteiger partial charge in [0, 0.05) is 30.2 Å². The number of carboxylic acid groups (broad SMARTS) is 1. The van der Waals surface area contributed by atoms with Gasteiger partial charge < -0.3 is 5.11 Å². The predicted molar refractivity (Wildman–Crippen MR) is 69.3 cm³/mol. The van der Waals surface area contributed by atoms with Crippen LogP contribution < -0.4 is 0 Å². The highest BCUT2D eigenvalue weighted by Crippen LogP contribution is 2.17. The van der Waals surface area contributed by atoms with Crippen molar-refractivity contribution in [3.8, 4) is 17.1 Å². The van der Waals surface area contributed by atoms with Crippen LogP contribution in [0.15, 0.2) is 49.4 Å². The molecule has 0 amide bonds. The minimum Gasteiger partial charge on any atom is -0.476 e. The second kappa shape index (κ2) is 4.88. The third-order valence-corrected chi connectivity index (χ3v) is 2.69. The van der Waals surface area contributed by atoms with E-state index in [1.165, 1.54) is 23.4 Å². The predicted octanol–water partition coefficient (Wildman–Crippen LogP) is 1.42. The summed E-state index contributed by atoms with van der Waals surface area (Å²) in [5.74, 6) is -0.529. The van der Waals surface area contributed by atoms with Crippen molar-refractivity contribution in [1.29, 1.82) is 0 Å². The first kappa shape index (κ1) is 12.0. The Morgan fingerprint density at radius 1 is 1.15 bits per heavy atom. The van der Waals surface area contributed by atoms with Gasteiger partial charge in [-0.15, -0.1) is 0 Å². The molecular weight excluding hydrogens is 258 g/mol. The van der Waals surface area contributed by atoms with Gasteiger partial charge in [0.1, 0.15) is 18.5 Å². The zero-order valence-corrected chi connectivity index (χ0v) is 10.2. The topological polar surface area (TPSA) is 93.8 Å². The number of aromatic nitrogens is 5. The number of aromatic carboxylic acids is 1. The number of pyridine rings is 1. The molecule has 0 aliphatic heterocycles. The largest absolute Gasteiger partial charge is 0.476 e. The first-order valence-electron chi connectivity index (χ1n) is 5.74. The van der Waals surface area contributed by atoms with Crippen LogP contribution in [0, 0.1) is 0 Å². The molecule has 0 saturated heterocycles. The van der Waals surface area contributed by atoms with Crippen molar-refractivity contribution >= 4 is 5.97 Å². The van der Waals surface area contributed by atoms with Gasteiger partial charge in [-0.1, -0.05) is 0 Å². The molecule has 0 aliphatic rings. The molecule has 20 heavy (non-hydrogen) atoms. The van der Waals surface area contributed by atoms with Crippen LogP contribution in [0.2, 0.25) is 0 Å². The fourth-order valence-electron chi connectivity index (χ4n) is 1.73. The van der Waals surface area contributed by atoms with E-state index in [1.54, 1.807) is 18.5 Å². The lowest BCUT2D eigenvalue weighted by atomic mass is 10.2. The molecule has 3 heterocycles. The quantitative estimate of drug-likeness (QED) is 0.771. The fourth-order valence-corrected chi connectivity index (χ4v) is 1.73. The van der Waals surface area contributed by atoms with Crippen LogP contribution in [0.25, 0.3) is 17.1 Å². The Labute approximate surface area is 113 Å². The Hall–Kier alpha value is -3.09. The summed E-state index contributed by atoms with van der Waals surface area (Å²) < 4.78 is 1.54. The van der Waals surface area contributed by atoms with E-state index in [9.17, 15) is 4.79 Å². The summed E-state index contributed by atoms with van der Waals surface area (Å²) in [6, 6.07) is 5.42. The molecule has 1 N–H and O–H groups in total. The van der Waals surface area contributed by atoms with E-state index in [0.29, 0.717) is 5.82 Å². The molecule has 3 rings (SSSR count). The zero-order valence-electron chi connectivity index (χ0n) is 10.2.